The van der Waals surface area contributed by atoms with Gasteiger partial charge in [-0.05, 0) is 18.9 Å². The molecule has 8 nitrogen and oxygen atoms in total. The average molecular weight is 322 g/mol. The van der Waals surface area contributed by atoms with Gasteiger partial charge in [-0.3, -0.25) is 25.0 Å². The van der Waals surface area contributed by atoms with Crippen molar-refractivity contribution < 1.29 is 24.0 Å². The predicted octanol–water partition coefficient (Wildman–Crippen LogP) is 1.35. The second-order valence-corrected chi connectivity index (χ2v) is 5.16. The van der Waals surface area contributed by atoms with Crippen LogP contribution in [0.1, 0.15) is 24.9 Å². The van der Waals surface area contributed by atoms with E-state index in [-0.39, 0.29) is 18.7 Å². The van der Waals surface area contributed by atoms with Crippen LogP contribution >= 0.6 is 0 Å². The van der Waals surface area contributed by atoms with Crippen LogP contribution in [0.5, 0.6) is 0 Å². The molecule has 0 aliphatic carbocycles. The molecule has 0 radical (unpaired) electrons. The number of methoxy groups -OCH3 is 1. The molecule has 0 saturated carbocycles. The first kappa shape index (κ1) is 16.9. The van der Waals surface area contributed by atoms with Crippen LogP contribution in [0.25, 0.3) is 0 Å². The van der Waals surface area contributed by atoms with E-state index in [0.717, 1.165) is 0 Å². The Labute approximate surface area is 132 Å². The lowest BCUT2D eigenvalue weighted by molar-refractivity contribution is -0.384. The molecule has 1 aliphatic heterocycles. The first-order valence-electron chi connectivity index (χ1n) is 7.22. The minimum Gasteiger partial charge on any atom is -0.469 e. The number of hydrogen-bond acceptors (Lipinski definition) is 7. The number of carbonyl (C=O) groups is 2. The molecule has 1 aromatic rings. The van der Waals surface area contributed by atoms with Gasteiger partial charge in [0.1, 0.15) is 6.04 Å². The van der Waals surface area contributed by atoms with Crippen LogP contribution in [0.4, 0.5) is 5.69 Å². The van der Waals surface area contributed by atoms with Gasteiger partial charge in [0.15, 0.2) is 0 Å². The molecule has 124 valence electrons. The largest absolute Gasteiger partial charge is 0.469 e. The van der Waals surface area contributed by atoms with E-state index in [9.17, 15) is 19.7 Å². The maximum absolute atomic E-state index is 12.0. The number of nitrogens with one attached hydrogen (secondary N) is 1. The van der Waals surface area contributed by atoms with E-state index in [1.807, 2.05) is 0 Å². The lowest BCUT2D eigenvalue weighted by Gasteiger charge is -2.17. The van der Waals surface area contributed by atoms with Crippen molar-refractivity contribution >= 4 is 17.6 Å². The van der Waals surface area contributed by atoms with Crippen LogP contribution < -0.4 is 5.32 Å². The van der Waals surface area contributed by atoms with Crippen molar-refractivity contribution in [3.05, 3.63) is 39.9 Å². The van der Waals surface area contributed by atoms with E-state index in [4.69, 9.17) is 9.47 Å². The van der Waals surface area contributed by atoms with Crippen molar-refractivity contribution in [1.29, 1.82) is 0 Å². The molecule has 0 amide bonds. The quantitative estimate of drug-likeness (QED) is 0.495. The van der Waals surface area contributed by atoms with Gasteiger partial charge >= 0.3 is 11.9 Å². The number of nitro benzene ring substituents is 1. The molecule has 0 unspecified atom stereocenters. The SMILES string of the molecule is CCOC(=O)[C@@H]1C[C@H](C(=O)OC)[C@H](c2ccc([N+](=O)[O-])cc2)N1. The molecule has 1 heterocycles. The van der Waals surface area contributed by atoms with Gasteiger partial charge in [0, 0.05) is 18.2 Å². The van der Waals surface area contributed by atoms with Gasteiger partial charge in [0.25, 0.3) is 5.69 Å². The summed E-state index contributed by atoms with van der Waals surface area (Å²) < 4.78 is 9.78. The van der Waals surface area contributed by atoms with Gasteiger partial charge in [0.2, 0.25) is 0 Å². The van der Waals surface area contributed by atoms with Crippen molar-refractivity contribution in [2.45, 2.75) is 25.4 Å². The molecule has 8 heteroatoms. The summed E-state index contributed by atoms with van der Waals surface area (Å²) in [6.07, 6.45) is 0.257. The number of nitro groups is 1. The summed E-state index contributed by atoms with van der Waals surface area (Å²) >= 11 is 0. The number of hydrogen-bond donors (Lipinski definition) is 1. The summed E-state index contributed by atoms with van der Waals surface area (Å²) in [5.41, 5.74) is 0.640. The Kier molecular flexibility index (Phi) is 5.28. The van der Waals surface area contributed by atoms with Crippen molar-refractivity contribution in [3.8, 4) is 0 Å². The highest BCUT2D eigenvalue weighted by Gasteiger charge is 2.43. The minimum absolute atomic E-state index is 0.0386. The smallest absolute Gasteiger partial charge is 0.323 e. The van der Waals surface area contributed by atoms with Gasteiger partial charge in [-0.2, -0.15) is 0 Å². The summed E-state index contributed by atoms with van der Waals surface area (Å²) in [7, 11) is 1.28. The molecule has 0 spiro atoms. The van der Waals surface area contributed by atoms with E-state index in [1.165, 1.54) is 19.2 Å². The van der Waals surface area contributed by atoms with Gasteiger partial charge < -0.3 is 9.47 Å². The molecule has 3 atom stereocenters. The molecule has 1 fully saturated rings. The second-order valence-electron chi connectivity index (χ2n) is 5.16. The summed E-state index contributed by atoms with van der Waals surface area (Å²) in [5, 5.41) is 13.8. The molecular weight excluding hydrogens is 304 g/mol. The lowest BCUT2D eigenvalue weighted by Crippen LogP contribution is -2.33. The molecule has 1 aromatic carbocycles. The fourth-order valence-corrected chi connectivity index (χ4v) is 2.71. The Bertz CT molecular complexity index is 600. The zero-order valence-electron chi connectivity index (χ0n) is 12.9. The third kappa shape index (κ3) is 3.65. The number of non-ortho nitro benzene ring substituents is 1. The van der Waals surface area contributed by atoms with E-state index in [2.05, 4.69) is 5.32 Å². The fraction of sp³-hybridized carbons (Fsp3) is 0.467. The van der Waals surface area contributed by atoms with Crippen LogP contribution in [0.15, 0.2) is 24.3 Å². The molecule has 23 heavy (non-hydrogen) atoms. The Hall–Kier alpha value is -2.48. The minimum atomic E-state index is -0.612. The van der Waals surface area contributed by atoms with Crippen LogP contribution in [-0.2, 0) is 19.1 Å². The molecule has 2 rings (SSSR count). The number of ether oxygens (including phenoxy) is 2. The molecule has 0 aromatic heterocycles. The van der Waals surface area contributed by atoms with Crippen molar-refractivity contribution in [3.63, 3.8) is 0 Å². The molecule has 1 aliphatic rings. The lowest BCUT2D eigenvalue weighted by atomic mass is 9.93. The topological polar surface area (TPSA) is 108 Å². The van der Waals surface area contributed by atoms with Crippen LogP contribution in [0.2, 0.25) is 0 Å². The number of rotatable bonds is 5. The number of nitrogens with zero attached hydrogens (tertiary/aromatic N) is 1. The highest BCUT2D eigenvalue weighted by Crippen LogP contribution is 2.34. The standard InChI is InChI=1S/C15H18N2O6/c1-3-23-15(19)12-8-11(14(18)22-2)13(16-12)9-4-6-10(7-5-9)17(20)21/h4-7,11-13,16H,3,8H2,1-2H3/t11-,12-,13-/m0/s1. The number of benzene rings is 1. The normalized spacial score (nSPS) is 23.3. The first-order chi connectivity index (χ1) is 11.0. The van der Waals surface area contributed by atoms with E-state index < -0.39 is 34.9 Å². The third-order valence-corrected chi connectivity index (χ3v) is 3.81. The molecule has 0 bridgehead atoms. The Balaban J connectivity index is 2.24. The maximum Gasteiger partial charge on any atom is 0.323 e. The second kappa shape index (κ2) is 7.19. The highest BCUT2D eigenvalue weighted by atomic mass is 16.6. The van der Waals surface area contributed by atoms with E-state index >= 15 is 0 Å². The molecule has 1 saturated heterocycles. The van der Waals surface area contributed by atoms with Crippen molar-refractivity contribution in [2.24, 2.45) is 5.92 Å². The Morgan fingerprint density at radius 1 is 1.30 bits per heavy atom. The fourth-order valence-electron chi connectivity index (χ4n) is 2.71. The first-order valence-corrected chi connectivity index (χ1v) is 7.22. The monoisotopic (exact) mass is 322 g/mol. The van der Waals surface area contributed by atoms with Gasteiger partial charge in [0.05, 0.1) is 24.6 Å². The van der Waals surface area contributed by atoms with Gasteiger partial charge in [-0.1, -0.05) is 12.1 Å². The zero-order valence-corrected chi connectivity index (χ0v) is 12.9. The van der Waals surface area contributed by atoms with Crippen LogP contribution in [-0.4, -0.2) is 36.6 Å². The summed E-state index contributed by atoms with van der Waals surface area (Å²) in [6.45, 7) is 1.96. The maximum atomic E-state index is 12.0. The summed E-state index contributed by atoms with van der Waals surface area (Å²) in [4.78, 5) is 34.1. The number of esters is 2. The number of carbonyl (C=O) groups excluding carboxylic acids is 2. The molecular formula is C15H18N2O6. The average Bonchev–Trinajstić information content (AvgIpc) is 2.99. The highest BCUT2D eigenvalue weighted by molar-refractivity contribution is 5.80. The van der Waals surface area contributed by atoms with Crippen LogP contribution in [0, 0.1) is 16.0 Å². The van der Waals surface area contributed by atoms with Crippen molar-refractivity contribution in [2.75, 3.05) is 13.7 Å². The Morgan fingerprint density at radius 2 is 1.96 bits per heavy atom. The zero-order chi connectivity index (χ0) is 17.0. The molecule has 1 N–H and O–H groups in total. The summed E-state index contributed by atoms with van der Waals surface area (Å²) in [6, 6.07) is 4.79. The Morgan fingerprint density at radius 3 is 2.48 bits per heavy atom. The third-order valence-electron chi connectivity index (χ3n) is 3.81. The van der Waals surface area contributed by atoms with Gasteiger partial charge in [-0.25, -0.2) is 0 Å². The van der Waals surface area contributed by atoms with Crippen molar-refractivity contribution in [1.82, 2.24) is 5.32 Å². The van der Waals surface area contributed by atoms with Crippen LogP contribution in [0.3, 0.4) is 0 Å². The summed E-state index contributed by atoms with van der Waals surface area (Å²) in [5.74, 6) is -1.42. The van der Waals surface area contributed by atoms with E-state index in [1.54, 1.807) is 19.1 Å². The predicted molar refractivity (Wildman–Crippen MR) is 79.5 cm³/mol. The van der Waals surface area contributed by atoms with E-state index in [0.29, 0.717) is 5.56 Å². The van der Waals surface area contributed by atoms with Gasteiger partial charge in [-0.15, -0.1) is 0 Å².